The third kappa shape index (κ3) is 1.56. The second kappa shape index (κ2) is 3.37. The molecule has 0 saturated carbocycles. The van der Waals surface area contributed by atoms with E-state index in [4.69, 9.17) is 4.74 Å². The lowest BCUT2D eigenvalue weighted by atomic mass is 9.98. The van der Waals surface area contributed by atoms with Crippen molar-refractivity contribution in [3.8, 4) is 0 Å². The summed E-state index contributed by atoms with van der Waals surface area (Å²) in [6.45, 7) is 3.31. The van der Waals surface area contributed by atoms with E-state index in [-0.39, 0.29) is 0 Å². The zero-order valence-electron chi connectivity index (χ0n) is 8.23. The summed E-state index contributed by atoms with van der Waals surface area (Å²) in [5.41, 5.74) is 1.41. The van der Waals surface area contributed by atoms with Crippen LogP contribution in [-0.2, 0) is 11.3 Å². The van der Waals surface area contributed by atoms with Crippen LogP contribution >= 0.6 is 0 Å². The summed E-state index contributed by atoms with van der Waals surface area (Å²) in [5.74, 6) is 0. The Morgan fingerprint density at radius 2 is 1.79 bits per heavy atom. The quantitative estimate of drug-likeness (QED) is 0.701. The minimum atomic E-state index is 0.525. The highest BCUT2D eigenvalue weighted by Gasteiger charge is 2.37. The number of benzene rings is 1. The molecule has 0 aliphatic carbocycles. The number of nitrogens with zero attached hydrogens (tertiary/aromatic N) is 1. The van der Waals surface area contributed by atoms with E-state index in [0.717, 1.165) is 19.6 Å². The molecule has 2 heteroatoms. The van der Waals surface area contributed by atoms with Crippen molar-refractivity contribution >= 4 is 0 Å². The molecule has 3 heterocycles. The molecule has 3 aliphatic rings. The molecule has 0 N–H and O–H groups in total. The summed E-state index contributed by atoms with van der Waals surface area (Å²) in [7, 11) is 0. The van der Waals surface area contributed by atoms with Gasteiger partial charge in [0.15, 0.2) is 0 Å². The van der Waals surface area contributed by atoms with Crippen LogP contribution in [0.1, 0.15) is 12.0 Å². The fourth-order valence-corrected chi connectivity index (χ4v) is 2.41. The van der Waals surface area contributed by atoms with E-state index >= 15 is 0 Å². The van der Waals surface area contributed by atoms with Crippen molar-refractivity contribution in [1.29, 1.82) is 0 Å². The van der Waals surface area contributed by atoms with Gasteiger partial charge in [0, 0.05) is 26.1 Å². The fourth-order valence-electron chi connectivity index (χ4n) is 2.41. The van der Waals surface area contributed by atoms with Crippen molar-refractivity contribution in [3.63, 3.8) is 0 Å². The number of fused-ring (bicyclic) bond motifs is 2. The summed E-state index contributed by atoms with van der Waals surface area (Å²) in [6, 6.07) is 10.7. The van der Waals surface area contributed by atoms with Crippen molar-refractivity contribution in [2.24, 2.45) is 0 Å². The molecule has 2 atom stereocenters. The predicted molar refractivity (Wildman–Crippen MR) is 55.0 cm³/mol. The van der Waals surface area contributed by atoms with Crippen LogP contribution in [0.5, 0.6) is 0 Å². The summed E-state index contributed by atoms with van der Waals surface area (Å²) < 4.78 is 5.60. The van der Waals surface area contributed by atoms with Gasteiger partial charge in [0.25, 0.3) is 0 Å². The van der Waals surface area contributed by atoms with Crippen LogP contribution in [0.3, 0.4) is 0 Å². The zero-order valence-corrected chi connectivity index (χ0v) is 8.23. The lowest BCUT2D eigenvalue weighted by molar-refractivity contribution is -0.182. The lowest BCUT2D eigenvalue weighted by Gasteiger charge is -2.47. The summed E-state index contributed by atoms with van der Waals surface area (Å²) in [5, 5.41) is 0. The second-order valence-corrected chi connectivity index (χ2v) is 4.30. The Kier molecular flexibility index (Phi) is 2.03. The minimum Gasteiger partial charge on any atom is -0.372 e. The molecule has 74 valence electrons. The first-order valence-corrected chi connectivity index (χ1v) is 5.32. The molecule has 0 radical (unpaired) electrons. The summed E-state index contributed by atoms with van der Waals surface area (Å²) in [6.07, 6.45) is 2.33. The van der Waals surface area contributed by atoms with Crippen molar-refractivity contribution in [2.75, 3.05) is 13.1 Å². The van der Waals surface area contributed by atoms with Crippen molar-refractivity contribution in [2.45, 2.75) is 25.2 Å². The molecule has 0 spiro atoms. The molecule has 2 nitrogen and oxygen atoms in total. The van der Waals surface area contributed by atoms with Crippen LogP contribution in [0.25, 0.3) is 0 Å². The number of rotatable bonds is 2. The molecule has 2 bridgehead atoms. The number of ether oxygens (including phenoxy) is 1. The Hall–Kier alpha value is -0.860. The molecule has 0 amide bonds. The SMILES string of the molecule is c1ccc(CN2CC3CC(C2)O3)cc1. The van der Waals surface area contributed by atoms with Crippen molar-refractivity contribution in [3.05, 3.63) is 35.9 Å². The maximum Gasteiger partial charge on any atom is 0.0731 e. The Morgan fingerprint density at radius 3 is 2.43 bits per heavy atom. The highest BCUT2D eigenvalue weighted by molar-refractivity contribution is 5.14. The Balaban J connectivity index is 1.63. The van der Waals surface area contributed by atoms with Gasteiger partial charge in [0.1, 0.15) is 0 Å². The molecular weight excluding hydrogens is 174 g/mol. The molecule has 3 fully saturated rings. The van der Waals surface area contributed by atoms with Gasteiger partial charge in [0.2, 0.25) is 0 Å². The molecule has 3 aliphatic heterocycles. The third-order valence-electron chi connectivity index (χ3n) is 3.08. The average Bonchev–Trinajstić information content (AvgIpc) is 2.18. The number of morpholine rings is 1. The fraction of sp³-hybridized carbons (Fsp3) is 0.500. The topological polar surface area (TPSA) is 12.5 Å². The van der Waals surface area contributed by atoms with E-state index in [1.165, 1.54) is 12.0 Å². The first-order chi connectivity index (χ1) is 6.90. The van der Waals surface area contributed by atoms with Crippen LogP contribution < -0.4 is 0 Å². The molecular formula is C12H15NO. The largest absolute Gasteiger partial charge is 0.372 e. The van der Waals surface area contributed by atoms with Gasteiger partial charge in [-0.15, -0.1) is 0 Å². The standard InChI is InChI=1S/C12H15NO/c1-2-4-10(5-3-1)7-13-8-11-6-12(9-13)14-11/h1-5,11-12H,6-9H2. The van der Waals surface area contributed by atoms with Gasteiger partial charge in [-0.05, 0) is 5.56 Å². The van der Waals surface area contributed by atoms with Crippen LogP contribution in [0.15, 0.2) is 30.3 Å². The van der Waals surface area contributed by atoms with E-state index in [0.29, 0.717) is 12.2 Å². The monoisotopic (exact) mass is 189 g/mol. The van der Waals surface area contributed by atoms with E-state index in [9.17, 15) is 0 Å². The van der Waals surface area contributed by atoms with Gasteiger partial charge in [-0.3, -0.25) is 4.90 Å². The van der Waals surface area contributed by atoms with Gasteiger partial charge >= 0.3 is 0 Å². The molecule has 1 aromatic carbocycles. The molecule has 4 rings (SSSR count). The molecule has 2 unspecified atom stereocenters. The molecule has 0 aromatic heterocycles. The first kappa shape index (κ1) is 8.45. The van der Waals surface area contributed by atoms with E-state index in [1.807, 2.05) is 0 Å². The molecule has 14 heavy (non-hydrogen) atoms. The smallest absolute Gasteiger partial charge is 0.0731 e. The highest BCUT2D eigenvalue weighted by atomic mass is 16.5. The van der Waals surface area contributed by atoms with E-state index < -0.39 is 0 Å². The summed E-state index contributed by atoms with van der Waals surface area (Å²) in [4.78, 5) is 2.50. The van der Waals surface area contributed by atoms with Crippen LogP contribution in [0.4, 0.5) is 0 Å². The average molecular weight is 189 g/mol. The van der Waals surface area contributed by atoms with Crippen LogP contribution in [0, 0.1) is 0 Å². The van der Waals surface area contributed by atoms with Crippen molar-refractivity contribution < 1.29 is 4.74 Å². The van der Waals surface area contributed by atoms with Crippen molar-refractivity contribution in [1.82, 2.24) is 4.90 Å². The van der Waals surface area contributed by atoms with Gasteiger partial charge in [-0.1, -0.05) is 30.3 Å². The number of piperidine rings is 1. The second-order valence-electron chi connectivity index (χ2n) is 4.30. The maximum absolute atomic E-state index is 5.60. The van der Waals surface area contributed by atoms with Crippen LogP contribution in [-0.4, -0.2) is 30.2 Å². The van der Waals surface area contributed by atoms with Gasteiger partial charge < -0.3 is 4.74 Å². The predicted octanol–water partition coefficient (Wildman–Crippen LogP) is 1.66. The Labute approximate surface area is 84.5 Å². The van der Waals surface area contributed by atoms with E-state index in [2.05, 4.69) is 35.2 Å². The first-order valence-electron chi connectivity index (χ1n) is 5.32. The third-order valence-corrected chi connectivity index (χ3v) is 3.08. The number of hydrogen-bond donors (Lipinski definition) is 0. The highest BCUT2D eigenvalue weighted by Crippen LogP contribution is 2.28. The molecule has 3 saturated heterocycles. The zero-order chi connectivity index (χ0) is 9.38. The van der Waals surface area contributed by atoms with Gasteiger partial charge in [0.05, 0.1) is 12.2 Å². The molecule has 1 aromatic rings. The summed E-state index contributed by atoms with van der Waals surface area (Å²) >= 11 is 0. The minimum absolute atomic E-state index is 0.525. The Bertz CT molecular complexity index is 295. The van der Waals surface area contributed by atoms with Gasteiger partial charge in [-0.25, -0.2) is 0 Å². The van der Waals surface area contributed by atoms with E-state index in [1.54, 1.807) is 0 Å². The maximum atomic E-state index is 5.60. The van der Waals surface area contributed by atoms with Crippen LogP contribution in [0.2, 0.25) is 0 Å². The lowest BCUT2D eigenvalue weighted by Crippen LogP contribution is -2.56. The Morgan fingerprint density at radius 1 is 1.14 bits per heavy atom. The van der Waals surface area contributed by atoms with Gasteiger partial charge in [-0.2, -0.15) is 0 Å². The number of hydrogen-bond acceptors (Lipinski definition) is 2. The normalized spacial score (nSPS) is 31.1.